The number of pyridine rings is 1. The van der Waals surface area contributed by atoms with E-state index in [1.807, 2.05) is 0 Å². The normalized spacial score (nSPS) is 23.0. The molecule has 33 heavy (non-hydrogen) atoms. The van der Waals surface area contributed by atoms with Gasteiger partial charge in [0.1, 0.15) is 11.6 Å². The van der Waals surface area contributed by atoms with E-state index in [2.05, 4.69) is 15.0 Å². The molecule has 8 nitrogen and oxygen atoms in total. The molecule has 176 valence electrons. The summed E-state index contributed by atoms with van der Waals surface area (Å²) >= 11 is 0. The molecule has 0 radical (unpaired) electrons. The van der Waals surface area contributed by atoms with Crippen molar-refractivity contribution in [2.45, 2.75) is 44.8 Å². The number of rotatable bonds is 5. The third-order valence-corrected chi connectivity index (χ3v) is 7.87. The molecule has 0 aliphatic carbocycles. The van der Waals surface area contributed by atoms with Crippen LogP contribution < -0.4 is 15.0 Å². The van der Waals surface area contributed by atoms with E-state index in [1.165, 1.54) is 29.3 Å². The van der Waals surface area contributed by atoms with Crippen LogP contribution in [0.1, 0.15) is 43.1 Å². The highest BCUT2D eigenvalue weighted by Gasteiger charge is 2.46. The quantitative estimate of drug-likeness (QED) is 0.707. The summed E-state index contributed by atoms with van der Waals surface area (Å²) in [4.78, 5) is 31.7. The van der Waals surface area contributed by atoms with Crippen LogP contribution in [0.4, 0.5) is 20.3 Å². The van der Waals surface area contributed by atoms with Crippen LogP contribution in [0.2, 0.25) is 0 Å². The second-order valence-electron chi connectivity index (χ2n) is 9.09. The molecule has 2 amide bonds. The first-order chi connectivity index (χ1) is 15.3. The summed E-state index contributed by atoms with van der Waals surface area (Å²) in [6, 6.07) is 7.29. The molecule has 2 aliphatic heterocycles. The first-order valence-electron chi connectivity index (χ1n) is 10.2. The number of amides is 2. The molecule has 1 aromatic heterocycles. The van der Waals surface area contributed by atoms with Gasteiger partial charge >= 0.3 is 6.61 Å². The van der Waals surface area contributed by atoms with E-state index in [0.717, 1.165) is 0 Å². The smallest absolute Gasteiger partial charge is 0.387 e. The average Bonchev–Trinajstić information content (AvgIpc) is 3.10. The van der Waals surface area contributed by atoms with Crippen LogP contribution in [0.3, 0.4) is 0 Å². The summed E-state index contributed by atoms with van der Waals surface area (Å²) in [5, 5.41) is 2.78. The molecule has 1 saturated heterocycles. The Balaban J connectivity index is 1.66. The Morgan fingerprint density at radius 2 is 1.97 bits per heavy atom. The van der Waals surface area contributed by atoms with E-state index < -0.39 is 33.3 Å². The summed E-state index contributed by atoms with van der Waals surface area (Å²) < 4.78 is 53.3. The third kappa shape index (κ3) is 4.29. The van der Waals surface area contributed by atoms with E-state index in [9.17, 15) is 26.8 Å². The van der Waals surface area contributed by atoms with Crippen LogP contribution in [0.5, 0.6) is 5.75 Å². The maximum Gasteiger partial charge on any atom is 0.387 e. The molecule has 4 rings (SSSR count). The number of nitrogens with one attached hydrogen (secondary N) is 1. The van der Waals surface area contributed by atoms with Crippen LogP contribution in [0.15, 0.2) is 36.5 Å². The maximum atomic E-state index is 13.2. The number of nitrogens with zero attached hydrogens (tertiary/aromatic N) is 2. The SMILES string of the molecule is CC1(C)C(=O)N(c2cccc(OC(F)F)c2)c2ncc(C(=O)N[C@]3(C)CCS(=O)(=O)C3)cc21. The van der Waals surface area contributed by atoms with Gasteiger partial charge in [-0.1, -0.05) is 6.07 Å². The number of hydrogen-bond donors (Lipinski definition) is 1. The minimum atomic E-state index is -3.21. The first-order valence-corrected chi connectivity index (χ1v) is 12.1. The van der Waals surface area contributed by atoms with Crippen molar-refractivity contribution in [3.05, 3.63) is 47.7 Å². The van der Waals surface area contributed by atoms with Crippen LogP contribution in [-0.2, 0) is 20.0 Å². The van der Waals surface area contributed by atoms with Gasteiger partial charge in [0.05, 0.1) is 33.7 Å². The van der Waals surface area contributed by atoms with Gasteiger partial charge in [-0.25, -0.2) is 13.4 Å². The minimum absolute atomic E-state index is 0.0110. The molecule has 0 saturated carbocycles. The fourth-order valence-electron chi connectivity index (χ4n) is 4.20. The molecule has 0 spiro atoms. The highest BCUT2D eigenvalue weighted by atomic mass is 32.2. The number of halogens is 2. The van der Waals surface area contributed by atoms with Crippen LogP contribution in [-0.4, -0.2) is 48.9 Å². The monoisotopic (exact) mass is 479 g/mol. The highest BCUT2D eigenvalue weighted by molar-refractivity contribution is 7.91. The zero-order valence-electron chi connectivity index (χ0n) is 18.3. The van der Waals surface area contributed by atoms with Gasteiger partial charge in [0, 0.05) is 17.8 Å². The van der Waals surface area contributed by atoms with Crippen molar-refractivity contribution in [3.8, 4) is 5.75 Å². The van der Waals surface area contributed by atoms with Crippen molar-refractivity contribution in [2.75, 3.05) is 16.4 Å². The van der Waals surface area contributed by atoms with Crippen LogP contribution in [0.25, 0.3) is 0 Å². The number of hydrogen-bond acceptors (Lipinski definition) is 6. The Bertz CT molecular complexity index is 1250. The second-order valence-corrected chi connectivity index (χ2v) is 11.3. The maximum absolute atomic E-state index is 13.2. The van der Waals surface area contributed by atoms with E-state index >= 15 is 0 Å². The summed E-state index contributed by atoms with van der Waals surface area (Å²) in [5.74, 6) is -0.775. The molecule has 1 N–H and O–H groups in total. The molecular formula is C22H23F2N3O5S. The van der Waals surface area contributed by atoms with E-state index in [1.54, 1.807) is 32.9 Å². The van der Waals surface area contributed by atoms with Gasteiger partial charge in [-0.15, -0.1) is 0 Å². The zero-order chi connectivity index (χ0) is 24.2. The number of carbonyl (C=O) groups is 2. The summed E-state index contributed by atoms with van der Waals surface area (Å²) in [6.45, 7) is 2.04. The zero-order valence-corrected chi connectivity index (χ0v) is 19.1. The van der Waals surface area contributed by atoms with Gasteiger partial charge < -0.3 is 10.1 Å². The van der Waals surface area contributed by atoms with Crippen molar-refractivity contribution in [2.24, 2.45) is 0 Å². The van der Waals surface area contributed by atoms with Gasteiger partial charge in [-0.3, -0.25) is 14.5 Å². The lowest BCUT2D eigenvalue weighted by Gasteiger charge is -2.24. The summed E-state index contributed by atoms with van der Waals surface area (Å²) in [7, 11) is -3.21. The number of sulfone groups is 1. The van der Waals surface area contributed by atoms with Crippen LogP contribution in [0, 0.1) is 0 Å². The number of ether oxygens (including phenoxy) is 1. The molecule has 3 heterocycles. The van der Waals surface area contributed by atoms with Crippen molar-refractivity contribution in [3.63, 3.8) is 0 Å². The number of carbonyl (C=O) groups excluding carboxylic acids is 2. The van der Waals surface area contributed by atoms with Gasteiger partial charge in [-0.05, 0) is 45.4 Å². The third-order valence-electron chi connectivity index (χ3n) is 5.97. The Hall–Kier alpha value is -3.08. The van der Waals surface area contributed by atoms with Crippen molar-refractivity contribution >= 4 is 33.2 Å². The molecule has 1 fully saturated rings. The standard InChI is InChI=1S/C22H23F2N3O5S/c1-21(2)16-9-13(18(28)26-22(3)7-8-33(30,31)12-22)11-25-17(16)27(19(21)29)14-5-4-6-15(10-14)32-20(23)24/h4-6,9-11,20H,7-8,12H2,1-3H3,(H,26,28)/t22-/m1/s1. The largest absolute Gasteiger partial charge is 0.435 e. The summed E-state index contributed by atoms with van der Waals surface area (Å²) in [6.07, 6.45) is 1.62. The van der Waals surface area contributed by atoms with Gasteiger partial charge in [-0.2, -0.15) is 8.78 Å². The molecule has 1 aromatic carbocycles. The predicted molar refractivity (Wildman–Crippen MR) is 117 cm³/mol. The predicted octanol–water partition coefficient (Wildman–Crippen LogP) is 2.95. The van der Waals surface area contributed by atoms with Crippen LogP contribution >= 0.6 is 0 Å². The minimum Gasteiger partial charge on any atom is -0.435 e. The van der Waals surface area contributed by atoms with Crippen molar-refractivity contribution in [1.82, 2.24) is 10.3 Å². The lowest BCUT2D eigenvalue weighted by atomic mass is 9.86. The number of anilines is 2. The molecule has 0 bridgehead atoms. The van der Waals surface area contributed by atoms with E-state index in [-0.39, 0.29) is 34.5 Å². The van der Waals surface area contributed by atoms with Gasteiger partial charge in [0.25, 0.3) is 5.91 Å². The van der Waals surface area contributed by atoms with Gasteiger partial charge in [0.15, 0.2) is 9.84 Å². The fourth-order valence-corrected chi connectivity index (χ4v) is 6.30. The number of alkyl halides is 2. The van der Waals surface area contributed by atoms with Crippen molar-refractivity contribution < 1.29 is 31.5 Å². The number of benzene rings is 1. The van der Waals surface area contributed by atoms with Gasteiger partial charge in [0.2, 0.25) is 5.91 Å². The molecule has 1 atom stereocenters. The number of aromatic nitrogens is 1. The fraction of sp³-hybridized carbons (Fsp3) is 0.409. The average molecular weight is 480 g/mol. The highest BCUT2D eigenvalue weighted by Crippen LogP contribution is 2.45. The second kappa shape index (κ2) is 7.75. The summed E-state index contributed by atoms with van der Waals surface area (Å²) in [5.41, 5.74) is -0.935. The van der Waals surface area contributed by atoms with E-state index in [0.29, 0.717) is 17.7 Å². The Kier molecular flexibility index (Phi) is 5.43. The molecule has 11 heteroatoms. The topological polar surface area (TPSA) is 106 Å². The Labute approximate surface area is 189 Å². The molecule has 2 aromatic rings. The van der Waals surface area contributed by atoms with Crippen molar-refractivity contribution in [1.29, 1.82) is 0 Å². The molecule has 2 aliphatic rings. The molecular weight excluding hydrogens is 456 g/mol. The lowest BCUT2D eigenvalue weighted by Crippen LogP contribution is -2.47. The molecule has 0 unspecified atom stereocenters. The lowest BCUT2D eigenvalue weighted by molar-refractivity contribution is -0.121. The Morgan fingerprint density at radius 3 is 2.61 bits per heavy atom. The van der Waals surface area contributed by atoms with E-state index in [4.69, 9.17) is 0 Å². The number of fused-ring (bicyclic) bond motifs is 1. The Morgan fingerprint density at radius 1 is 1.24 bits per heavy atom. The first kappa shape index (κ1) is 23.1.